The molecule has 0 unspecified atom stereocenters. The summed E-state index contributed by atoms with van der Waals surface area (Å²) in [4.78, 5) is 34.0. The molecule has 32 heavy (non-hydrogen) atoms. The van der Waals surface area contributed by atoms with Crippen LogP contribution in [0.2, 0.25) is 0 Å². The van der Waals surface area contributed by atoms with E-state index in [0.29, 0.717) is 34.0 Å². The van der Waals surface area contributed by atoms with Crippen LogP contribution in [0, 0.1) is 19.7 Å². The Labute approximate surface area is 182 Å². The lowest BCUT2D eigenvalue weighted by Crippen LogP contribution is -2.28. The molecular formula is C23H20FN7O. The van der Waals surface area contributed by atoms with Crippen molar-refractivity contribution < 1.29 is 4.39 Å². The Bertz CT molecular complexity index is 1540. The number of nitrogens with zero attached hydrogens (tertiary/aromatic N) is 5. The molecule has 0 spiro atoms. The molecule has 0 radical (unpaired) electrons. The lowest BCUT2D eigenvalue weighted by atomic mass is 10.1. The van der Waals surface area contributed by atoms with Gasteiger partial charge in [0, 0.05) is 0 Å². The summed E-state index contributed by atoms with van der Waals surface area (Å²) in [7, 11) is 0. The van der Waals surface area contributed by atoms with Crippen molar-refractivity contribution in [1.29, 1.82) is 0 Å². The maximum absolute atomic E-state index is 14.3. The van der Waals surface area contributed by atoms with Crippen LogP contribution in [0.4, 0.5) is 10.2 Å². The quantitative estimate of drug-likeness (QED) is 0.448. The molecular weight excluding hydrogens is 409 g/mol. The molecule has 0 amide bonds. The number of hydrogen-bond acceptors (Lipinski definition) is 6. The predicted octanol–water partition coefficient (Wildman–Crippen LogP) is 3.98. The average molecular weight is 429 g/mol. The number of benzene rings is 2. The van der Waals surface area contributed by atoms with Crippen molar-refractivity contribution in [3.8, 4) is 5.69 Å². The van der Waals surface area contributed by atoms with Crippen LogP contribution in [-0.2, 0) is 0 Å². The number of rotatable bonds is 4. The smallest absolute Gasteiger partial charge is 0.266 e. The molecule has 0 aliphatic carbocycles. The Morgan fingerprint density at radius 2 is 1.97 bits per heavy atom. The van der Waals surface area contributed by atoms with Gasteiger partial charge in [-0.15, -0.1) is 0 Å². The van der Waals surface area contributed by atoms with Gasteiger partial charge < -0.3 is 10.3 Å². The molecule has 9 heteroatoms. The Morgan fingerprint density at radius 1 is 1.12 bits per heavy atom. The highest BCUT2D eigenvalue weighted by molar-refractivity contribution is 5.83. The van der Waals surface area contributed by atoms with Crippen molar-refractivity contribution in [3.63, 3.8) is 0 Å². The molecule has 1 atom stereocenters. The fourth-order valence-corrected chi connectivity index (χ4v) is 3.88. The molecule has 2 N–H and O–H groups in total. The molecule has 0 saturated heterocycles. The van der Waals surface area contributed by atoms with E-state index in [0.717, 1.165) is 5.56 Å². The second-order valence-electron chi connectivity index (χ2n) is 7.71. The summed E-state index contributed by atoms with van der Waals surface area (Å²) in [6.07, 6.45) is 2.97. The standard InChI is InChI=1S/C23H20FN7O/c1-12-5-4-6-15(9-12)31-22(30-17-8-7-16(24)13(2)18(17)23(31)32)14(3)29-21-19-20(26-10-25-19)27-11-28-21/h4-11,14H,1-3H3,(H2,25,26,27,28,29)/t14-/m0/s1. The summed E-state index contributed by atoms with van der Waals surface area (Å²) in [5.41, 5.74) is 3.24. The van der Waals surface area contributed by atoms with Crippen LogP contribution in [0.25, 0.3) is 27.8 Å². The van der Waals surface area contributed by atoms with E-state index in [9.17, 15) is 9.18 Å². The molecule has 0 bridgehead atoms. The number of hydrogen-bond donors (Lipinski definition) is 2. The van der Waals surface area contributed by atoms with E-state index in [1.807, 2.05) is 38.1 Å². The SMILES string of the molecule is Cc1cccc(-n2c([C@H](C)Nc3ncnc4nc[nH]c34)nc3ccc(F)c(C)c3c2=O)c1. The van der Waals surface area contributed by atoms with Crippen LogP contribution >= 0.6 is 0 Å². The summed E-state index contributed by atoms with van der Waals surface area (Å²) in [5.74, 6) is 0.583. The first-order valence-corrected chi connectivity index (χ1v) is 10.1. The van der Waals surface area contributed by atoms with Gasteiger partial charge in [-0.1, -0.05) is 12.1 Å². The van der Waals surface area contributed by atoms with Crippen molar-refractivity contribution in [3.05, 3.63) is 82.2 Å². The minimum atomic E-state index is -0.436. The summed E-state index contributed by atoms with van der Waals surface area (Å²) in [6.45, 7) is 5.43. The van der Waals surface area contributed by atoms with E-state index >= 15 is 0 Å². The number of anilines is 1. The number of H-pyrrole nitrogens is 1. The second-order valence-corrected chi connectivity index (χ2v) is 7.71. The minimum Gasteiger partial charge on any atom is -0.358 e. The van der Waals surface area contributed by atoms with Gasteiger partial charge >= 0.3 is 0 Å². The topological polar surface area (TPSA) is 101 Å². The highest BCUT2D eigenvalue weighted by Crippen LogP contribution is 2.25. The Hall–Kier alpha value is -4.14. The molecule has 0 fully saturated rings. The first-order chi connectivity index (χ1) is 15.4. The van der Waals surface area contributed by atoms with E-state index < -0.39 is 11.9 Å². The third-order valence-electron chi connectivity index (χ3n) is 5.48. The molecule has 5 aromatic rings. The summed E-state index contributed by atoms with van der Waals surface area (Å²) in [5, 5.41) is 3.58. The van der Waals surface area contributed by atoms with Crippen molar-refractivity contribution in [2.24, 2.45) is 0 Å². The van der Waals surface area contributed by atoms with Crippen molar-refractivity contribution in [2.75, 3.05) is 5.32 Å². The van der Waals surface area contributed by atoms with Gasteiger partial charge in [0.1, 0.15) is 23.5 Å². The van der Waals surface area contributed by atoms with Crippen LogP contribution < -0.4 is 10.9 Å². The average Bonchev–Trinajstić information content (AvgIpc) is 3.26. The lowest BCUT2D eigenvalue weighted by molar-refractivity contribution is 0.620. The zero-order valence-electron chi connectivity index (χ0n) is 17.7. The van der Waals surface area contributed by atoms with Crippen molar-refractivity contribution >= 4 is 27.9 Å². The second kappa shape index (κ2) is 7.52. The highest BCUT2D eigenvalue weighted by atomic mass is 19.1. The Kier molecular flexibility index (Phi) is 4.66. The first kappa shape index (κ1) is 19.8. The molecule has 0 aliphatic rings. The van der Waals surface area contributed by atoms with Gasteiger partial charge in [0.15, 0.2) is 11.5 Å². The van der Waals surface area contributed by atoms with Gasteiger partial charge in [0.25, 0.3) is 5.56 Å². The Morgan fingerprint density at radius 3 is 2.78 bits per heavy atom. The van der Waals surface area contributed by atoms with Gasteiger partial charge in [-0.2, -0.15) is 0 Å². The summed E-state index contributed by atoms with van der Waals surface area (Å²) in [6, 6.07) is 10.0. The molecule has 5 rings (SSSR count). The highest BCUT2D eigenvalue weighted by Gasteiger charge is 2.21. The number of halogens is 1. The third-order valence-corrected chi connectivity index (χ3v) is 5.48. The van der Waals surface area contributed by atoms with E-state index in [4.69, 9.17) is 4.98 Å². The number of aryl methyl sites for hydroxylation is 2. The van der Waals surface area contributed by atoms with Crippen LogP contribution in [0.15, 0.2) is 53.8 Å². The van der Waals surface area contributed by atoms with Crippen molar-refractivity contribution in [1.82, 2.24) is 29.5 Å². The summed E-state index contributed by atoms with van der Waals surface area (Å²) >= 11 is 0. The molecule has 8 nitrogen and oxygen atoms in total. The number of aromatic nitrogens is 6. The largest absolute Gasteiger partial charge is 0.358 e. The number of fused-ring (bicyclic) bond motifs is 2. The zero-order chi connectivity index (χ0) is 22.4. The van der Waals surface area contributed by atoms with Crippen LogP contribution in [0.3, 0.4) is 0 Å². The summed E-state index contributed by atoms with van der Waals surface area (Å²) < 4.78 is 15.8. The Balaban J connectivity index is 1.74. The fourth-order valence-electron chi connectivity index (χ4n) is 3.88. The fraction of sp³-hybridized carbons (Fsp3) is 0.174. The molecule has 2 aromatic carbocycles. The van der Waals surface area contributed by atoms with Crippen LogP contribution in [0.5, 0.6) is 0 Å². The van der Waals surface area contributed by atoms with E-state index in [1.54, 1.807) is 13.3 Å². The zero-order valence-corrected chi connectivity index (χ0v) is 17.7. The normalized spacial score (nSPS) is 12.4. The maximum atomic E-state index is 14.3. The van der Waals surface area contributed by atoms with Gasteiger partial charge in [-0.3, -0.25) is 9.36 Å². The first-order valence-electron chi connectivity index (χ1n) is 10.1. The van der Waals surface area contributed by atoms with Gasteiger partial charge in [-0.25, -0.2) is 24.3 Å². The predicted molar refractivity (Wildman–Crippen MR) is 120 cm³/mol. The molecule has 160 valence electrons. The van der Waals surface area contributed by atoms with Gasteiger partial charge in [0.2, 0.25) is 0 Å². The lowest BCUT2D eigenvalue weighted by Gasteiger charge is -2.21. The van der Waals surface area contributed by atoms with E-state index in [2.05, 4.69) is 25.3 Å². The number of nitrogens with one attached hydrogen (secondary N) is 2. The van der Waals surface area contributed by atoms with Gasteiger partial charge in [-0.05, 0) is 56.2 Å². The van der Waals surface area contributed by atoms with E-state index in [-0.39, 0.29) is 16.5 Å². The molecule has 3 aromatic heterocycles. The minimum absolute atomic E-state index is 0.264. The molecule has 0 saturated carbocycles. The maximum Gasteiger partial charge on any atom is 0.266 e. The van der Waals surface area contributed by atoms with Crippen molar-refractivity contribution in [2.45, 2.75) is 26.8 Å². The third kappa shape index (κ3) is 3.18. The molecule has 0 aliphatic heterocycles. The number of imidazole rings is 1. The monoisotopic (exact) mass is 429 g/mol. The van der Waals surface area contributed by atoms with Gasteiger partial charge in [0.05, 0.1) is 29.0 Å². The number of aromatic amines is 1. The van der Waals surface area contributed by atoms with E-state index in [1.165, 1.54) is 23.0 Å². The van der Waals surface area contributed by atoms with Crippen LogP contribution in [0.1, 0.15) is 29.9 Å². The van der Waals surface area contributed by atoms with Crippen LogP contribution in [-0.4, -0.2) is 29.5 Å². The molecule has 3 heterocycles.